The Morgan fingerprint density at radius 2 is 2.27 bits per heavy atom. The molecule has 0 saturated carbocycles. The van der Waals surface area contributed by atoms with Crippen molar-refractivity contribution in [1.82, 2.24) is 4.90 Å². The highest BCUT2D eigenvalue weighted by Gasteiger charge is 2.36. The number of aliphatic carboxylic acids is 1. The van der Waals surface area contributed by atoms with E-state index in [9.17, 15) is 14.4 Å². The number of hydrogen-bond acceptors (Lipinski definition) is 4. The number of ether oxygens (including phenoxy) is 1. The molecule has 1 atom stereocenters. The van der Waals surface area contributed by atoms with Crippen LogP contribution in [0, 0.1) is 0 Å². The number of amides is 1. The summed E-state index contributed by atoms with van der Waals surface area (Å²) in [6.07, 6.45) is -0.603. The molecule has 1 aliphatic rings. The summed E-state index contributed by atoms with van der Waals surface area (Å²) in [6.45, 7) is 1.95. The second-order valence-electron chi connectivity index (χ2n) is 3.24. The third-order valence-electron chi connectivity index (χ3n) is 2.22. The highest BCUT2D eigenvalue weighted by molar-refractivity contribution is 5.90. The maximum atomic E-state index is 11.3. The van der Waals surface area contributed by atoms with Gasteiger partial charge in [-0.15, -0.1) is 0 Å². The largest absolute Gasteiger partial charge is 0.480 e. The molecule has 15 heavy (non-hydrogen) atoms. The van der Waals surface area contributed by atoms with E-state index in [0.717, 1.165) is 4.90 Å². The monoisotopic (exact) mass is 215 g/mol. The summed E-state index contributed by atoms with van der Waals surface area (Å²) in [5.41, 5.74) is 0. The number of carbonyl (C=O) groups excluding carboxylic acids is 2. The Labute approximate surface area is 86.8 Å². The van der Waals surface area contributed by atoms with Crippen LogP contribution in [0.15, 0.2) is 0 Å². The fourth-order valence-electron chi connectivity index (χ4n) is 1.47. The van der Waals surface area contributed by atoms with Gasteiger partial charge in [0.2, 0.25) is 0 Å². The first-order valence-electron chi connectivity index (χ1n) is 4.74. The van der Waals surface area contributed by atoms with Gasteiger partial charge in [0.15, 0.2) is 0 Å². The molecule has 1 rings (SSSR count). The molecule has 1 aliphatic heterocycles. The Hall–Kier alpha value is -1.59. The molecule has 0 aromatic carbocycles. The van der Waals surface area contributed by atoms with E-state index in [0.29, 0.717) is 0 Å². The number of hydrogen-bond donors (Lipinski definition) is 1. The molecule has 1 amide bonds. The summed E-state index contributed by atoms with van der Waals surface area (Å²) in [5, 5.41) is 8.84. The van der Waals surface area contributed by atoms with Crippen molar-refractivity contribution < 1.29 is 24.2 Å². The summed E-state index contributed by atoms with van der Waals surface area (Å²) < 4.78 is 4.71. The molecule has 6 nitrogen and oxygen atoms in total. The predicted molar refractivity (Wildman–Crippen MR) is 49.4 cm³/mol. The average Bonchev–Trinajstić information content (AvgIpc) is 2.17. The molecule has 84 valence electrons. The lowest BCUT2D eigenvalue weighted by Gasteiger charge is -2.31. The molecule has 6 heteroatoms. The smallest absolute Gasteiger partial charge is 0.410 e. The van der Waals surface area contributed by atoms with Crippen molar-refractivity contribution in [3.8, 4) is 0 Å². The Balaban J connectivity index is 2.72. The van der Waals surface area contributed by atoms with Gasteiger partial charge in [0, 0.05) is 19.4 Å². The normalized spacial score (nSPS) is 21.3. The van der Waals surface area contributed by atoms with Crippen LogP contribution in [-0.4, -0.2) is 47.0 Å². The van der Waals surface area contributed by atoms with E-state index < -0.39 is 18.1 Å². The number of piperidine rings is 1. The lowest BCUT2D eigenvalue weighted by atomic mass is 10.0. The van der Waals surface area contributed by atoms with Crippen LogP contribution < -0.4 is 0 Å². The molecule has 1 N–H and O–H groups in total. The fourth-order valence-corrected chi connectivity index (χ4v) is 1.47. The fraction of sp³-hybridized carbons (Fsp3) is 0.667. The van der Waals surface area contributed by atoms with E-state index in [1.807, 2.05) is 0 Å². The van der Waals surface area contributed by atoms with E-state index in [4.69, 9.17) is 9.84 Å². The number of nitrogens with zero attached hydrogens (tertiary/aromatic N) is 1. The predicted octanol–water partition coefficient (Wildman–Crippen LogP) is 0.261. The number of rotatable bonds is 2. The summed E-state index contributed by atoms with van der Waals surface area (Å²) >= 11 is 0. The van der Waals surface area contributed by atoms with Gasteiger partial charge < -0.3 is 9.84 Å². The quantitative estimate of drug-likeness (QED) is 0.714. The first-order chi connectivity index (χ1) is 7.06. The van der Waals surface area contributed by atoms with E-state index in [1.54, 1.807) is 6.92 Å². The van der Waals surface area contributed by atoms with Gasteiger partial charge in [0.1, 0.15) is 11.8 Å². The van der Waals surface area contributed by atoms with Crippen molar-refractivity contribution in [1.29, 1.82) is 0 Å². The average molecular weight is 215 g/mol. The maximum Gasteiger partial charge on any atom is 0.410 e. The molecular weight excluding hydrogens is 202 g/mol. The summed E-state index contributed by atoms with van der Waals surface area (Å²) in [7, 11) is 0. The van der Waals surface area contributed by atoms with E-state index in [1.165, 1.54) is 0 Å². The molecule has 1 unspecified atom stereocenters. The zero-order chi connectivity index (χ0) is 11.4. The number of likely N-dealkylation sites (tertiary alicyclic amines) is 1. The third kappa shape index (κ3) is 2.68. The highest BCUT2D eigenvalue weighted by Crippen LogP contribution is 2.15. The number of carboxylic acids is 1. The van der Waals surface area contributed by atoms with Gasteiger partial charge in [0.05, 0.1) is 6.61 Å². The minimum atomic E-state index is -1.17. The third-order valence-corrected chi connectivity index (χ3v) is 2.22. The molecule has 0 radical (unpaired) electrons. The topological polar surface area (TPSA) is 83.9 Å². The van der Waals surface area contributed by atoms with Gasteiger partial charge >= 0.3 is 12.1 Å². The van der Waals surface area contributed by atoms with Crippen LogP contribution in [0.1, 0.15) is 19.8 Å². The summed E-state index contributed by atoms with van der Waals surface area (Å²) in [6, 6.07) is -1.08. The summed E-state index contributed by atoms with van der Waals surface area (Å²) in [4.78, 5) is 34.3. The van der Waals surface area contributed by atoms with Gasteiger partial charge in [-0.1, -0.05) is 0 Å². The minimum Gasteiger partial charge on any atom is -0.480 e. The van der Waals surface area contributed by atoms with Crippen LogP contribution in [-0.2, 0) is 14.3 Å². The molecule has 0 aromatic heterocycles. The van der Waals surface area contributed by atoms with Gasteiger partial charge in [-0.05, 0) is 6.92 Å². The molecule has 0 aromatic rings. The molecule has 0 bridgehead atoms. The van der Waals surface area contributed by atoms with Crippen molar-refractivity contribution in [3.05, 3.63) is 0 Å². The standard InChI is InChI=1S/C9H13NO5/c1-2-15-9(14)10-4-3-6(11)5-7(10)8(12)13/h7H,2-5H2,1H3,(H,12,13). The second-order valence-corrected chi connectivity index (χ2v) is 3.24. The van der Waals surface area contributed by atoms with Crippen molar-refractivity contribution in [2.75, 3.05) is 13.2 Å². The van der Waals surface area contributed by atoms with Gasteiger partial charge in [-0.25, -0.2) is 9.59 Å². The van der Waals surface area contributed by atoms with Gasteiger partial charge in [-0.2, -0.15) is 0 Å². The number of carboxylic acid groups (broad SMARTS) is 1. The van der Waals surface area contributed by atoms with Crippen LogP contribution >= 0.6 is 0 Å². The second kappa shape index (κ2) is 4.77. The first-order valence-corrected chi connectivity index (χ1v) is 4.74. The van der Waals surface area contributed by atoms with Gasteiger partial charge in [-0.3, -0.25) is 9.69 Å². The number of ketones is 1. The Bertz CT molecular complexity index is 288. The zero-order valence-corrected chi connectivity index (χ0v) is 8.43. The molecule has 0 aliphatic carbocycles. The van der Waals surface area contributed by atoms with Gasteiger partial charge in [0.25, 0.3) is 0 Å². The van der Waals surface area contributed by atoms with Crippen LogP contribution in [0.2, 0.25) is 0 Å². The highest BCUT2D eigenvalue weighted by atomic mass is 16.6. The maximum absolute atomic E-state index is 11.3. The molecule has 0 spiro atoms. The Morgan fingerprint density at radius 1 is 1.60 bits per heavy atom. The molecule has 1 saturated heterocycles. The lowest BCUT2D eigenvalue weighted by molar-refractivity contribution is -0.146. The van der Waals surface area contributed by atoms with E-state index >= 15 is 0 Å². The lowest BCUT2D eigenvalue weighted by Crippen LogP contribution is -2.50. The van der Waals surface area contributed by atoms with E-state index in [2.05, 4.69) is 0 Å². The SMILES string of the molecule is CCOC(=O)N1CCC(=O)CC1C(=O)O. The van der Waals surface area contributed by atoms with Crippen LogP contribution in [0.5, 0.6) is 0 Å². The summed E-state index contributed by atoms with van der Waals surface area (Å²) in [5.74, 6) is -1.31. The van der Waals surface area contributed by atoms with Crippen LogP contribution in [0.25, 0.3) is 0 Å². The van der Waals surface area contributed by atoms with Crippen LogP contribution in [0.3, 0.4) is 0 Å². The van der Waals surface area contributed by atoms with Crippen molar-refractivity contribution in [2.45, 2.75) is 25.8 Å². The van der Waals surface area contributed by atoms with E-state index in [-0.39, 0.29) is 31.8 Å². The minimum absolute atomic E-state index is 0.120. The van der Waals surface area contributed by atoms with Crippen molar-refractivity contribution >= 4 is 17.8 Å². The van der Waals surface area contributed by atoms with Crippen LogP contribution in [0.4, 0.5) is 4.79 Å². The molecule has 1 heterocycles. The first kappa shape index (κ1) is 11.5. The number of Topliss-reactive ketones (excluding diaryl/α,β-unsaturated/α-hetero) is 1. The zero-order valence-electron chi connectivity index (χ0n) is 8.43. The Morgan fingerprint density at radius 3 is 2.80 bits per heavy atom. The molecular formula is C9H13NO5. The Kier molecular flexibility index (Phi) is 3.65. The molecule has 1 fully saturated rings. The van der Waals surface area contributed by atoms with Crippen molar-refractivity contribution in [3.63, 3.8) is 0 Å². The number of carbonyl (C=O) groups is 3. The van der Waals surface area contributed by atoms with Crippen molar-refractivity contribution in [2.24, 2.45) is 0 Å².